The number of carbonyl (C=O) groups excluding carboxylic acids is 2. The molecule has 0 bridgehead atoms. The van der Waals surface area contributed by atoms with Crippen LogP contribution in [0.25, 0.3) is 0 Å². The smallest absolute Gasteiger partial charge is 0.309 e. The summed E-state index contributed by atoms with van der Waals surface area (Å²) in [6.45, 7) is 14.0. The van der Waals surface area contributed by atoms with Gasteiger partial charge in [0, 0.05) is 57.9 Å². The number of aryl methyl sites for hydroxylation is 1. The number of H-pyrrole nitrogens is 1. The summed E-state index contributed by atoms with van der Waals surface area (Å²) < 4.78 is 12.4. The first-order chi connectivity index (χ1) is 23.4. The van der Waals surface area contributed by atoms with Crippen molar-refractivity contribution in [3.8, 4) is 0 Å². The lowest BCUT2D eigenvalue weighted by Gasteiger charge is -2.24. The fraction of sp³-hybridized carbons (Fsp3) is 0.622. The molecule has 0 atom stereocenters. The van der Waals surface area contributed by atoms with Crippen molar-refractivity contribution in [3.63, 3.8) is 0 Å². The van der Waals surface area contributed by atoms with Crippen molar-refractivity contribution in [1.82, 2.24) is 34.2 Å². The van der Waals surface area contributed by atoms with Crippen molar-refractivity contribution in [2.75, 3.05) is 39.5 Å². The summed E-state index contributed by atoms with van der Waals surface area (Å²) in [5.74, 6) is 1.26. The molecule has 2 heterocycles. The molecule has 2 aromatic heterocycles. The number of imidazole rings is 2. The molecule has 0 saturated heterocycles. The Kier molecular flexibility index (Phi) is 18.6. The fourth-order valence-electron chi connectivity index (χ4n) is 5.76. The third-order valence-electron chi connectivity index (χ3n) is 8.38. The highest BCUT2D eigenvalue weighted by Crippen LogP contribution is 2.15. The van der Waals surface area contributed by atoms with Gasteiger partial charge < -0.3 is 23.9 Å². The molecule has 3 aromatic rings. The van der Waals surface area contributed by atoms with Gasteiger partial charge in [-0.25, -0.2) is 9.97 Å². The molecule has 0 amide bonds. The second-order valence-electron chi connectivity index (χ2n) is 12.6. The number of hydrogen-bond donors (Lipinski definition) is 1. The van der Waals surface area contributed by atoms with Crippen LogP contribution in [0.5, 0.6) is 0 Å². The van der Waals surface area contributed by atoms with Crippen molar-refractivity contribution in [2.24, 2.45) is 7.05 Å². The average molecular weight is 666 g/mol. The molecule has 0 radical (unpaired) electrons. The number of benzene rings is 1. The van der Waals surface area contributed by atoms with Gasteiger partial charge in [-0.2, -0.15) is 0 Å². The lowest BCUT2D eigenvalue weighted by Crippen LogP contribution is -2.30. The van der Waals surface area contributed by atoms with E-state index in [2.05, 4.69) is 79.3 Å². The lowest BCUT2D eigenvalue weighted by molar-refractivity contribution is -0.167. The molecule has 0 unspecified atom stereocenters. The molecule has 0 spiro atoms. The quantitative estimate of drug-likeness (QED) is 0.0622. The van der Waals surface area contributed by atoms with Gasteiger partial charge in [0.2, 0.25) is 6.79 Å². The number of ether oxygens (including phenoxy) is 2. The molecule has 11 nitrogen and oxygen atoms in total. The Hall–Kier alpha value is -3.54. The second-order valence-corrected chi connectivity index (χ2v) is 12.6. The molecule has 0 fully saturated rings. The first kappa shape index (κ1) is 38.9. The number of aromatic nitrogens is 4. The SMILES string of the molecule is CCCCCC(=O)OCOC(=O)CCN(CCCCN(CCC)CCC)Cc1ccc(CN(Cc2ncc[nH]2)Cc2nccn2C)cc1. The zero-order valence-electron chi connectivity index (χ0n) is 29.9. The largest absolute Gasteiger partial charge is 0.428 e. The van der Waals surface area contributed by atoms with Crippen LogP contribution in [0.1, 0.15) is 101 Å². The summed E-state index contributed by atoms with van der Waals surface area (Å²) >= 11 is 0. The standard InChI is InChI=1S/C37H59N7O4/c1-5-8-9-12-36(45)47-31-48-37(46)17-25-43(24-11-10-23-42(21-6-2)22-7-3)27-32-13-15-33(16-14-32)28-44(29-34-38-18-19-39-34)30-35-40-20-26-41(35)4/h13-16,18-20,26H,5-12,17,21-25,27-31H2,1-4H3,(H,38,39). The Labute approximate surface area is 288 Å². The number of nitrogens with one attached hydrogen (secondary N) is 1. The van der Waals surface area contributed by atoms with Crippen molar-refractivity contribution in [3.05, 3.63) is 71.8 Å². The summed E-state index contributed by atoms with van der Waals surface area (Å²) in [4.78, 5) is 43.8. The average Bonchev–Trinajstić information content (AvgIpc) is 3.74. The van der Waals surface area contributed by atoms with E-state index in [0.717, 1.165) is 83.0 Å². The molecule has 0 aliphatic rings. The summed E-state index contributed by atoms with van der Waals surface area (Å²) in [7, 11) is 2.02. The second kappa shape index (κ2) is 22.9. The molecule has 0 saturated carbocycles. The van der Waals surface area contributed by atoms with Crippen molar-refractivity contribution in [2.45, 2.75) is 105 Å². The van der Waals surface area contributed by atoms with E-state index >= 15 is 0 Å². The van der Waals surface area contributed by atoms with Crippen LogP contribution < -0.4 is 0 Å². The predicted molar refractivity (Wildman–Crippen MR) is 189 cm³/mol. The fourth-order valence-corrected chi connectivity index (χ4v) is 5.76. The van der Waals surface area contributed by atoms with E-state index < -0.39 is 0 Å². The molecule has 0 aliphatic carbocycles. The Morgan fingerprint density at radius 3 is 1.92 bits per heavy atom. The third-order valence-corrected chi connectivity index (χ3v) is 8.38. The molecule has 11 heteroatoms. The highest BCUT2D eigenvalue weighted by atomic mass is 16.7. The van der Waals surface area contributed by atoms with Crippen LogP contribution in [0.4, 0.5) is 0 Å². The van der Waals surface area contributed by atoms with Crippen LogP contribution in [-0.2, 0) is 52.3 Å². The molecule has 1 N–H and O–H groups in total. The van der Waals surface area contributed by atoms with Gasteiger partial charge in [-0.05, 0) is 69.4 Å². The van der Waals surface area contributed by atoms with E-state index in [1.54, 1.807) is 6.20 Å². The summed E-state index contributed by atoms with van der Waals surface area (Å²) in [5.41, 5.74) is 2.42. The normalized spacial score (nSPS) is 11.6. The van der Waals surface area contributed by atoms with Crippen LogP contribution >= 0.6 is 0 Å². The van der Waals surface area contributed by atoms with Gasteiger partial charge in [0.15, 0.2) is 0 Å². The molecular weight excluding hydrogens is 606 g/mol. The van der Waals surface area contributed by atoms with E-state index in [1.807, 2.05) is 25.6 Å². The Bertz CT molecular complexity index is 1270. The first-order valence-corrected chi connectivity index (χ1v) is 17.9. The predicted octanol–water partition coefficient (Wildman–Crippen LogP) is 6.06. The molecule has 1 aromatic carbocycles. The van der Waals surface area contributed by atoms with Gasteiger partial charge in [0.1, 0.15) is 11.6 Å². The molecule has 0 aliphatic heterocycles. The minimum Gasteiger partial charge on any atom is -0.428 e. The van der Waals surface area contributed by atoms with Crippen molar-refractivity contribution in [1.29, 1.82) is 0 Å². The lowest BCUT2D eigenvalue weighted by atomic mass is 10.1. The number of unbranched alkanes of at least 4 members (excludes halogenated alkanes) is 3. The van der Waals surface area contributed by atoms with Gasteiger partial charge in [-0.3, -0.25) is 19.4 Å². The Morgan fingerprint density at radius 1 is 0.688 bits per heavy atom. The van der Waals surface area contributed by atoms with Crippen LogP contribution in [-0.4, -0.2) is 85.7 Å². The third kappa shape index (κ3) is 15.6. The molecular formula is C37H59N7O4. The maximum absolute atomic E-state index is 12.5. The Morgan fingerprint density at radius 2 is 1.33 bits per heavy atom. The molecule has 48 heavy (non-hydrogen) atoms. The van der Waals surface area contributed by atoms with Gasteiger partial charge in [0.25, 0.3) is 0 Å². The van der Waals surface area contributed by atoms with Gasteiger partial charge >= 0.3 is 11.9 Å². The van der Waals surface area contributed by atoms with E-state index in [0.29, 0.717) is 26.1 Å². The number of hydrogen-bond acceptors (Lipinski definition) is 9. The maximum Gasteiger partial charge on any atom is 0.309 e. The summed E-state index contributed by atoms with van der Waals surface area (Å²) in [6, 6.07) is 8.76. The Balaban J connectivity index is 1.56. The van der Waals surface area contributed by atoms with Gasteiger partial charge in [-0.1, -0.05) is 57.9 Å². The van der Waals surface area contributed by atoms with Crippen LogP contribution in [0.15, 0.2) is 49.1 Å². The van der Waals surface area contributed by atoms with Crippen molar-refractivity contribution >= 4 is 11.9 Å². The number of esters is 2. The minimum absolute atomic E-state index is 0.248. The van der Waals surface area contributed by atoms with E-state index in [1.165, 1.54) is 24.0 Å². The summed E-state index contributed by atoms with van der Waals surface area (Å²) in [5, 5.41) is 0. The highest BCUT2D eigenvalue weighted by Gasteiger charge is 2.15. The van der Waals surface area contributed by atoms with E-state index in [4.69, 9.17) is 9.47 Å². The topological polar surface area (TPSA) is 109 Å². The van der Waals surface area contributed by atoms with Crippen LogP contribution in [0.2, 0.25) is 0 Å². The van der Waals surface area contributed by atoms with Crippen molar-refractivity contribution < 1.29 is 19.1 Å². The highest BCUT2D eigenvalue weighted by molar-refractivity contribution is 5.71. The number of carbonyl (C=O) groups is 2. The zero-order chi connectivity index (χ0) is 34.4. The maximum atomic E-state index is 12.5. The zero-order valence-corrected chi connectivity index (χ0v) is 29.9. The monoisotopic (exact) mass is 665 g/mol. The van der Waals surface area contributed by atoms with Crippen LogP contribution in [0, 0.1) is 0 Å². The van der Waals surface area contributed by atoms with Crippen LogP contribution in [0.3, 0.4) is 0 Å². The first-order valence-electron chi connectivity index (χ1n) is 17.9. The molecule has 266 valence electrons. The number of rotatable bonds is 26. The van der Waals surface area contributed by atoms with E-state index in [-0.39, 0.29) is 25.2 Å². The summed E-state index contributed by atoms with van der Waals surface area (Å²) in [6.07, 6.45) is 15.4. The minimum atomic E-state index is -0.349. The van der Waals surface area contributed by atoms with Gasteiger partial charge in [-0.15, -0.1) is 0 Å². The number of aromatic amines is 1. The molecule has 3 rings (SSSR count). The van der Waals surface area contributed by atoms with E-state index in [9.17, 15) is 9.59 Å². The van der Waals surface area contributed by atoms with Gasteiger partial charge in [0.05, 0.1) is 19.5 Å². The number of nitrogens with zero attached hydrogens (tertiary/aromatic N) is 6.